The number of nitrogens with zero attached hydrogens (tertiary/aromatic N) is 1. The quantitative estimate of drug-likeness (QED) is 0.550. The number of carboxylic acid groups (broad SMARTS) is 1. The molecular formula is C21H30FN3O2. The van der Waals surface area contributed by atoms with Crippen molar-refractivity contribution in [3.8, 4) is 0 Å². The van der Waals surface area contributed by atoms with E-state index in [9.17, 15) is 4.39 Å². The molecule has 1 aliphatic carbocycles. The maximum absolute atomic E-state index is 13.6. The molecule has 0 radical (unpaired) electrons. The second kappa shape index (κ2) is 9.76. The Morgan fingerprint density at radius 2 is 1.89 bits per heavy atom. The van der Waals surface area contributed by atoms with Crippen LogP contribution < -0.4 is 10.9 Å². The van der Waals surface area contributed by atoms with E-state index in [4.69, 9.17) is 9.90 Å². The van der Waals surface area contributed by atoms with Gasteiger partial charge in [-0.05, 0) is 88.1 Å². The minimum Gasteiger partial charge on any atom is -0.483 e. The van der Waals surface area contributed by atoms with Crippen LogP contribution in [0.2, 0.25) is 0 Å². The molecule has 1 aromatic heterocycles. The number of hydrogen-bond donors (Lipinski definition) is 3. The van der Waals surface area contributed by atoms with E-state index in [-0.39, 0.29) is 17.8 Å². The summed E-state index contributed by atoms with van der Waals surface area (Å²) in [7, 11) is 0. The number of rotatable bonds is 4. The van der Waals surface area contributed by atoms with Gasteiger partial charge in [-0.25, -0.2) is 4.39 Å². The van der Waals surface area contributed by atoms with E-state index < -0.39 is 0 Å². The Bertz CT molecular complexity index is 738. The number of hydrazine groups is 1. The summed E-state index contributed by atoms with van der Waals surface area (Å²) in [5, 5.41) is 7.87. The van der Waals surface area contributed by atoms with Crippen LogP contribution in [0.5, 0.6) is 0 Å². The second-order valence-corrected chi connectivity index (χ2v) is 8.14. The van der Waals surface area contributed by atoms with Gasteiger partial charge in [-0.1, -0.05) is 0 Å². The lowest BCUT2D eigenvalue weighted by Crippen LogP contribution is -2.47. The molecule has 1 aromatic carbocycles. The average molecular weight is 375 g/mol. The van der Waals surface area contributed by atoms with Gasteiger partial charge < -0.3 is 5.11 Å². The monoisotopic (exact) mass is 375 g/mol. The lowest BCUT2D eigenvalue weighted by atomic mass is 9.78. The van der Waals surface area contributed by atoms with Crippen molar-refractivity contribution in [1.82, 2.24) is 15.8 Å². The number of carbonyl (C=O) groups is 1. The Kier molecular flexibility index (Phi) is 7.68. The smallest absolute Gasteiger partial charge is 0.290 e. The molecule has 27 heavy (non-hydrogen) atoms. The molecule has 6 heteroatoms. The Morgan fingerprint density at radius 3 is 2.52 bits per heavy atom. The van der Waals surface area contributed by atoms with Crippen LogP contribution in [-0.2, 0) is 4.79 Å². The highest BCUT2D eigenvalue weighted by Gasteiger charge is 2.24. The summed E-state index contributed by atoms with van der Waals surface area (Å²) in [6.07, 6.45) is 6.61. The van der Waals surface area contributed by atoms with Crippen LogP contribution in [0.3, 0.4) is 0 Å². The number of pyridine rings is 1. The molecule has 0 aliphatic heterocycles. The summed E-state index contributed by atoms with van der Waals surface area (Å²) in [5.74, 6) is 1.05. The summed E-state index contributed by atoms with van der Waals surface area (Å²) >= 11 is 0. The first-order valence-electron chi connectivity index (χ1n) is 9.46. The molecule has 0 bridgehead atoms. The molecule has 1 fully saturated rings. The van der Waals surface area contributed by atoms with E-state index in [2.05, 4.69) is 42.7 Å². The van der Waals surface area contributed by atoms with Crippen LogP contribution in [0, 0.1) is 11.7 Å². The normalized spacial score (nSPS) is 20.0. The van der Waals surface area contributed by atoms with Gasteiger partial charge in [0.15, 0.2) is 0 Å². The molecule has 5 nitrogen and oxygen atoms in total. The zero-order valence-corrected chi connectivity index (χ0v) is 16.3. The van der Waals surface area contributed by atoms with Crippen molar-refractivity contribution >= 4 is 17.4 Å². The first-order chi connectivity index (χ1) is 12.8. The first-order valence-corrected chi connectivity index (χ1v) is 9.46. The lowest BCUT2D eigenvalue weighted by molar-refractivity contribution is -0.122. The molecule has 0 saturated heterocycles. The molecule has 1 saturated carbocycles. The van der Waals surface area contributed by atoms with Gasteiger partial charge in [0.2, 0.25) is 0 Å². The Hall–Kier alpha value is -2.05. The number of nitrogens with one attached hydrogen (secondary N) is 2. The molecule has 1 heterocycles. The van der Waals surface area contributed by atoms with Crippen LogP contribution in [-0.4, -0.2) is 28.6 Å². The van der Waals surface area contributed by atoms with Crippen molar-refractivity contribution < 1.29 is 14.3 Å². The third kappa shape index (κ3) is 6.56. The molecule has 0 atom stereocenters. The summed E-state index contributed by atoms with van der Waals surface area (Å²) in [6.45, 7) is 7.23. The van der Waals surface area contributed by atoms with Crippen molar-refractivity contribution in [1.29, 1.82) is 0 Å². The van der Waals surface area contributed by atoms with E-state index >= 15 is 0 Å². The van der Waals surface area contributed by atoms with Gasteiger partial charge in [-0.3, -0.25) is 20.6 Å². The van der Waals surface area contributed by atoms with E-state index in [0.29, 0.717) is 11.8 Å². The highest BCUT2D eigenvalue weighted by molar-refractivity contribution is 5.82. The van der Waals surface area contributed by atoms with E-state index in [1.54, 1.807) is 12.1 Å². The Labute approximate surface area is 160 Å². The van der Waals surface area contributed by atoms with Gasteiger partial charge in [0.05, 0.1) is 5.52 Å². The van der Waals surface area contributed by atoms with Gasteiger partial charge in [-0.15, -0.1) is 0 Å². The number of aromatic nitrogens is 1. The van der Waals surface area contributed by atoms with Gasteiger partial charge in [0.25, 0.3) is 6.47 Å². The topological polar surface area (TPSA) is 74.2 Å². The van der Waals surface area contributed by atoms with Crippen LogP contribution in [0.15, 0.2) is 30.5 Å². The molecule has 0 amide bonds. The maximum atomic E-state index is 13.6. The van der Waals surface area contributed by atoms with Crippen LogP contribution in [0.1, 0.15) is 57.9 Å². The molecular weight excluding hydrogens is 345 g/mol. The predicted octanol–water partition coefficient (Wildman–Crippen LogP) is 4.24. The van der Waals surface area contributed by atoms with Gasteiger partial charge in [0, 0.05) is 23.7 Å². The molecule has 3 rings (SSSR count). The summed E-state index contributed by atoms with van der Waals surface area (Å²) < 4.78 is 13.6. The fourth-order valence-corrected chi connectivity index (χ4v) is 3.63. The summed E-state index contributed by atoms with van der Waals surface area (Å²) in [5.41, 5.74) is 8.97. The van der Waals surface area contributed by atoms with Crippen LogP contribution >= 0.6 is 0 Å². The van der Waals surface area contributed by atoms with Gasteiger partial charge in [0.1, 0.15) is 5.82 Å². The molecule has 0 unspecified atom stereocenters. The SMILES string of the molecule is CC(C)(C)NNCC1CCC(c2ccnc3ccc(F)cc23)CC1.O=CO. The van der Waals surface area contributed by atoms with E-state index in [0.717, 1.165) is 30.3 Å². The number of benzene rings is 1. The highest BCUT2D eigenvalue weighted by atomic mass is 19.1. The standard InChI is InChI=1S/C20H28FN3.CH2O2/c1-20(2,3)24-23-13-14-4-6-15(7-5-14)17-10-11-22-19-9-8-16(21)12-18(17)19;2-1-3/h8-12,14-15,23-24H,4-7,13H2,1-3H3;1H,(H,2,3). The van der Waals surface area contributed by atoms with Crippen molar-refractivity contribution in [2.24, 2.45) is 5.92 Å². The van der Waals surface area contributed by atoms with E-state index in [1.807, 2.05) is 6.20 Å². The number of halogens is 1. The molecule has 0 spiro atoms. The molecule has 3 N–H and O–H groups in total. The van der Waals surface area contributed by atoms with Crippen molar-refractivity contribution in [2.45, 2.75) is 57.9 Å². The first kappa shape index (κ1) is 21.3. The fourth-order valence-electron chi connectivity index (χ4n) is 3.63. The highest BCUT2D eigenvalue weighted by Crippen LogP contribution is 2.38. The number of fused-ring (bicyclic) bond motifs is 1. The molecule has 2 aromatic rings. The minimum absolute atomic E-state index is 0.0945. The van der Waals surface area contributed by atoms with Crippen LogP contribution in [0.4, 0.5) is 4.39 Å². The largest absolute Gasteiger partial charge is 0.483 e. The molecule has 148 valence electrons. The predicted molar refractivity (Wildman–Crippen MR) is 106 cm³/mol. The minimum atomic E-state index is -0.250. The zero-order valence-electron chi connectivity index (χ0n) is 16.3. The third-order valence-electron chi connectivity index (χ3n) is 4.88. The van der Waals surface area contributed by atoms with E-state index in [1.165, 1.54) is 24.5 Å². The average Bonchev–Trinajstić information content (AvgIpc) is 2.61. The van der Waals surface area contributed by atoms with Gasteiger partial charge in [-0.2, -0.15) is 0 Å². The van der Waals surface area contributed by atoms with Crippen molar-refractivity contribution in [2.75, 3.05) is 6.54 Å². The fraction of sp³-hybridized carbons (Fsp3) is 0.524. The lowest BCUT2D eigenvalue weighted by Gasteiger charge is -2.31. The molecule has 1 aliphatic rings. The Morgan fingerprint density at radius 1 is 1.22 bits per heavy atom. The zero-order chi connectivity index (χ0) is 19.9. The van der Waals surface area contributed by atoms with Crippen molar-refractivity contribution in [3.63, 3.8) is 0 Å². The summed E-state index contributed by atoms with van der Waals surface area (Å²) in [6, 6.07) is 6.98. The van der Waals surface area contributed by atoms with Crippen LogP contribution in [0.25, 0.3) is 10.9 Å². The maximum Gasteiger partial charge on any atom is 0.290 e. The van der Waals surface area contributed by atoms with Gasteiger partial charge >= 0.3 is 0 Å². The third-order valence-corrected chi connectivity index (χ3v) is 4.88. The Balaban J connectivity index is 0.000000817. The summed E-state index contributed by atoms with van der Waals surface area (Å²) in [4.78, 5) is 12.7. The number of hydrogen-bond acceptors (Lipinski definition) is 4. The van der Waals surface area contributed by atoms with Crippen molar-refractivity contribution in [3.05, 3.63) is 41.8 Å². The second-order valence-electron chi connectivity index (χ2n) is 8.14.